The highest BCUT2D eigenvalue weighted by molar-refractivity contribution is 6.30. The fraction of sp³-hybridized carbons (Fsp3) is 0.423. The molecule has 35 heavy (non-hydrogen) atoms. The predicted molar refractivity (Wildman–Crippen MR) is 141 cm³/mol. The molecule has 0 saturated carbocycles. The zero-order valence-electron chi connectivity index (χ0n) is 20.6. The van der Waals surface area contributed by atoms with Crippen molar-refractivity contribution in [1.29, 1.82) is 0 Å². The average molecular weight is 497 g/mol. The normalized spacial score (nSPS) is 14.9. The minimum Gasteiger partial charge on any atom is -0.369 e. The quantitative estimate of drug-likeness (QED) is 0.278. The molecule has 1 fully saturated rings. The van der Waals surface area contributed by atoms with Crippen LogP contribution in [0.1, 0.15) is 32.0 Å². The molecule has 0 atom stereocenters. The van der Waals surface area contributed by atoms with Gasteiger partial charge in [0.25, 0.3) is 5.69 Å². The van der Waals surface area contributed by atoms with E-state index < -0.39 is 0 Å². The van der Waals surface area contributed by atoms with Gasteiger partial charge in [-0.25, -0.2) is 4.68 Å². The summed E-state index contributed by atoms with van der Waals surface area (Å²) in [5.74, 6) is 0. The van der Waals surface area contributed by atoms with E-state index in [2.05, 4.69) is 42.0 Å². The highest BCUT2D eigenvalue weighted by Gasteiger charge is 2.20. The van der Waals surface area contributed by atoms with Crippen molar-refractivity contribution in [1.82, 2.24) is 20.0 Å². The summed E-state index contributed by atoms with van der Waals surface area (Å²) in [6.07, 6.45) is 2.00. The molecular weight excluding hydrogens is 464 g/mol. The highest BCUT2D eigenvalue weighted by atomic mass is 35.5. The van der Waals surface area contributed by atoms with Gasteiger partial charge >= 0.3 is 0 Å². The van der Waals surface area contributed by atoms with Crippen molar-refractivity contribution in [2.45, 2.75) is 32.7 Å². The van der Waals surface area contributed by atoms with Crippen LogP contribution in [0.4, 0.5) is 11.4 Å². The molecule has 0 spiro atoms. The van der Waals surface area contributed by atoms with Gasteiger partial charge in [0.2, 0.25) is 0 Å². The van der Waals surface area contributed by atoms with Gasteiger partial charge in [0, 0.05) is 74.9 Å². The summed E-state index contributed by atoms with van der Waals surface area (Å²) in [7, 11) is 0. The first-order valence-electron chi connectivity index (χ1n) is 12.0. The molecule has 1 saturated heterocycles. The summed E-state index contributed by atoms with van der Waals surface area (Å²) in [5, 5.41) is 19.8. The molecule has 1 aromatic heterocycles. The molecule has 4 rings (SSSR count). The van der Waals surface area contributed by atoms with Crippen molar-refractivity contribution in [3.05, 3.63) is 81.1 Å². The molecule has 0 radical (unpaired) electrons. The van der Waals surface area contributed by atoms with Gasteiger partial charge in [0.15, 0.2) is 0 Å². The number of benzene rings is 2. The maximum atomic E-state index is 10.8. The van der Waals surface area contributed by atoms with Crippen LogP contribution in [0.2, 0.25) is 5.02 Å². The van der Waals surface area contributed by atoms with Crippen LogP contribution in [0, 0.1) is 10.1 Å². The van der Waals surface area contributed by atoms with E-state index in [0.29, 0.717) is 11.6 Å². The Labute approximate surface area is 211 Å². The molecule has 0 aliphatic carbocycles. The molecule has 8 nitrogen and oxygen atoms in total. The Balaban J connectivity index is 1.23. The van der Waals surface area contributed by atoms with Gasteiger partial charge in [-0.15, -0.1) is 0 Å². The van der Waals surface area contributed by atoms with E-state index >= 15 is 0 Å². The molecule has 9 heteroatoms. The Morgan fingerprint density at radius 2 is 1.77 bits per heavy atom. The van der Waals surface area contributed by atoms with Crippen LogP contribution < -0.4 is 10.2 Å². The number of nitrogens with zero attached hydrogens (tertiary/aromatic N) is 5. The van der Waals surface area contributed by atoms with Crippen molar-refractivity contribution >= 4 is 23.0 Å². The summed E-state index contributed by atoms with van der Waals surface area (Å²) >= 11 is 6.28. The minimum atomic E-state index is -0.362. The number of piperazine rings is 1. The number of aromatic nitrogens is 2. The van der Waals surface area contributed by atoms with Crippen molar-refractivity contribution in [2.24, 2.45) is 0 Å². The van der Waals surface area contributed by atoms with Crippen molar-refractivity contribution in [2.75, 3.05) is 44.2 Å². The molecule has 1 aliphatic heterocycles. The number of hydrogen-bond acceptors (Lipinski definition) is 6. The molecule has 1 aliphatic rings. The lowest BCUT2D eigenvalue weighted by molar-refractivity contribution is -0.384. The fourth-order valence-electron chi connectivity index (χ4n) is 4.39. The third kappa shape index (κ3) is 6.39. The smallest absolute Gasteiger partial charge is 0.269 e. The van der Waals surface area contributed by atoms with Crippen molar-refractivity contribution in [3.8, 4) is 5.69 Å². The first-order chi connectivity index (χ1) is 16.7. The Bertz CT molecular complexity index is 1150. The molecule has 3 aromatic rings. The van der Waals surface area contributed by atoms with Gasteiger partial charge in [0.05, 0.1) is 16.3 Å². The second-order valence-electron chi connectivity index (χ2n) is 9.94. The zero-order chi connectivity index (χ0) is 25.0. The second-order valence-corrected chi connectivity index (χ2v) is 10.4. The van der Waals surface area contributed by atoms with Crippen LogP contribution in [-0.4, -0.2) is 58.9 Å². The molecule has 186 valence electrons. The summed E-state index contributed by atoms with van der Waals surface area (Å²) in [6.45, 7) is 12.9. The second kappa shape index (κ2) is 10.8. The van der Waals surface area contributed by atoms with Crippen molar-refractivity contribution < 1.29 is 4.92 Å². The van der Waals surface area contributed by atoms with E-state index in [0.717, 1.165) is 56.3 Å². The van der Waals surface area contributed by atoms with Gasteiger partial charge in [-0.2, -0.15) is 5.10 Å². The van der Waals surface area contributed by atoms with Crippen LogP contribution in [0.25, 0.3) is 5.69 Å². The number of anilines is 1. The third-order valence-corrected chi connectivity index (χ3v) is 6.60. The lowest BCUT2D eigenvalue weighted by atomic mass is 9.86. The van der Waals surface area contributed by atoms with Crippen LogP contribution >= 0.6 is 11.6 Å². The summed E-state index contributed by atoms with van der Waals surface area (Å²) in [5.41, 5.74) is 4.38. The maximum absolute atomic E-state index is 10.8. The van der Waals surface area contributed by atoms with E-state index in [1.165, 1.54) is 5.56 Å². The van der Waals surface area contributed by atoms with Crippen LogP contribution in [0.15, 0.2) is 54.7 Å². The van der Waals surface area contributed by atoms with Gasteiger partial charge in [-0.05, 0) is 41.3 Å². The monoisotopic (exact) mass is 496 g/mol. The summed E-state index contributed by atoms with van der Waals surface area (Å²) in [4.78, 5) is 15.2. The van der Waals surface area contributed by atoms with Crippen LogP contribution in [-0.2, 0) is 12.0 Å². The fourth-order valence-corrected chi connectivity index (χ4v) is 4.55. The Hall–Kier alpha value is -2.94. The number of hydrogen-bond donors (Lipinski definition) is 1. The highest BCUT2D eigenvalue weighted by Crippen LogP contribution is 2.30. The number of rotatable bonds is 8. The Morgan fingerprint density at radius 3 is 2.43 bits per heavy atom. The molecule has 0 unspecified atom stereocenters. The van der Waals surface area contributed by atoms with Gasteiger partial charge in [-0.1, -0.05) is 38.4 Å². The number of nitro groups is 1. The zero-order valence-corrected chi connectivity index (χ0v) is 21.3. The summed E-state index contributed by atoms with van der Waals surface area (Å²) in [6, 6.07) is 14.9. The largest absolute Gasteiger partial charge is 0.369 e. The van der Waals surface area contributed by atoms with Crippen molar-refractivity contribution in [3.63, 3.8) is 0 Å². The Morgan fingerprint density at radius 1 is 1.06 bits per heavy atom. The lowest BCUT2D eigenvalue weighted by Gasteiger charge is -2.36. The average Bonchev–Trinajstić information content (AvgIpc) is 3.30. The molecule has 2 aromatic carbocycles. The van der Waals surface area contributed by atoms with Gasteiger partial charge < -0.3 is 10.2 Å². The first kappa shape index (κ1) is 25.2. The predicted octanol–water partition coefficient (Wildman–Crippen LogP) is 4.64. The third-order valence-electron chi connectivity index (χ3n) is 6.37. The van der Waals surface area contributed by atoms with Crippen LogP contribution in [0.5, 0.6) is 0 Å². The van der Waals surface area contributed by atoms with Gasteiger partial charge in [-0.3, -0.25) is 15.0 Å². The molecule has 0 bridgehead atoms. The number of nitrogens with one attached hydrogen (secondary N) is 1. The molecule has 1 N–H and O–H groups in total. The van der Waals surface area contributed by atoms with Crippen LogP contribution in [0.3, 0.4) is 0 Å². The lowest BCUT2D eigenvalue weighted by Crippen LogP contribution is -2.48. The number of non-ortho nitro benzene ring substituents is 1. The van der Waals surface area contributed by atoms with E-state index in [1.54, 1.807) is 12.1 Å². The first-order valence-corrected chi connectivity index (χ1v) is 12.4. The maximum Gasteiger partial charge on any atom is 0.269 e. The molecule has 2 heterocycles. The number of halogens is 1. The van der Waals surface area contributed by atoms with E-state index in [4.69, 9.17) is 16.7 Å². The molecule has 0 amide bonds. The topological polar surface area (TPSA) is 79.5 Å². The van der Waals surface area contributed by atoms with E-state index in [-0.39, 0.29) is 16.0 Å². The summed E-state index contributed by atoms with van der Waals surface area (Å²) < 4.78 is 1.92. The van der Waals surface area contributed by atoms with Gasteiger partial charge in [0.1, 0.15) is 0 Å². The minimum absolute atomic E-state index is 0.00716. The SMILES string of the molecule is CC(C)(C)c1ccc(Cl)cc1-n1ccc(CNCCN2CCN(c3ccc([N+](=O)[O-])cc3)CC2)n1. The number of nitro benzene ring substituents is 1. The van der Waals surface area contributed by atoms with E-state index in [9.17, 15) is 10.1 Å². The molecular formula is C26H33ClN6O2. The Kier molecular flexibility index (Phi) is 7.74. The standard InChI is InChI=1S/C26H33ClN6O2/c1-26(2,3)24-9-4-20(27)18-25(24)32-12-10-21(29-32)19-28-11-13-30-14-16-31(17-15-30)22-5-7-23(8-6-22)33(34)35/h4-10,12,18,28H,11,13-17,19H2,1-3H3. The van der Waals surface area contributed by atoms with E-state index in [1.807, 2.05) is 41.2 Å².